The molecule has 1 heterocycles. The van der Waals surface area contributed by atoms with Crippen molar-refractivity contribution < 1.29 is 0 Å². The molecule has 0 spiro atoms. The molecular weight excluding hydrogens is 457 g/mol. The molecule has 2 aromatic rings. The molecule has 1 aliphatic rings. The van der Waals surface area contributed by atoms with Crippen molar-refractivity contribution in [1.29, 1.82) is 0 Å². The monoisotopic (exact) mass is 485 g/mol. The second kappa shape index (κ2) is 10.8. The van der Waals surface area contributed by atoms with Gasteiger partial charge in [-0.15, -0.1) is 24.0 Å². The Morgan fingerprint density at radius 2 is 2.12 bits per heavy atom. The Kier molecular flexibility index (Phi) is 8.77. The van der Waals surface area contributed by atoms with Crippen LogP contribution in [-0.2, 0) is 6.54 Å². The maximum absolute atomic E-state index is 4.74. The van der Waals surface area contributed by atoms with Crippen LogP contribution in [-0.4, -0.2) is 39.8 Å². The number of benzene rings is 1. The van der Waals surface area contributed by atoms with E-state index in [0.717, 1.165) is 29.0 Å². The molecule has 0 aliphatic heterocycles. The van der Waals surface area contributed by atoms with Crippen molar-refractivity contribution in [2.24, 2.45) is 4.99 Å². The fraction of sp³-hybridized carbons (Fsp3) is 0.474. The molecule has 0 saturated heterocycles. The summed E-state index contributed by atoms with van der Waals surface area (Å²) in [5, 5.41) is 12.2. The Balaban J connectivity index is 0.00000243. The summed E-state index contributed by atoms with van der Waals surface area (Å²) in [6.07, 6.45) is 9.87. The van der Waals surface area contributed by atoms with Gasteiger partial charge in [0.2, 0.25) is 0 Å². The average molecular weight is 485 g/mol. The van der Waals surface area contributed by atoms with Crippen molar-refractivity contribution in [1.82, 2.24) is 20.4 Å². The van der Waals surface area contributed by atoms with Crippen LogP contribution in [0.1, 0.15) is 31.7 Å². The molecule has 0 bridgehead atoms. The lowest BCUT2D eigenvalue weighted by Crippen LogP contribution is -2.42. The Morgan fingerprint density at radius 1 is 1.31 bits per heavy atom. The summed E-state index contributed by atoms with van der Waals surface area (Å²) in [5.41, 5.74) is 2.17. The molecule has 0 amide bonds. The van der Waals surface area contributed by atoms with Gasteiger partial charge in [-0.3, -0.25) is 0 Å². The smallest absolute Gasteiger partial charge is 0.191 e. The van der Waals surface area contributed by atoms with Crippen LogP contribution in [0.5, 0.6) is 0 Å². The Hall–Kier alpha value is -1.22. The third kappa shape index (κ3) is 5.90. The minimum absolute atomic E-state index is 0. The third-order valence-corrected chi connectivity index (χ3v) is 5.57. The first kappa shape index (κ1) is 21.1. The maximum Gasteiger partial charge on any atom is 0.191 e. The highest BCUT2D eigenvalue weighted by atomic mass is 127. The van der Waals surface area contributed by atoms with Crippen molar-refractivity contribution >= 4 is 41.7 Å². The van der Waals surface area contributed by atoms with Gasteiger partial charge in [-0.25, -0.2) is 9.67 Å². The number of rotatable bonds is 6. The fourth-order valence-electron chi connectivity index (χ4n) is 3.13. The molecule has 2 unspecified atom stereocenters. The maximum atomic E-state index is 4.74. The van der Waals surface area contributed by atoms with Crippen LogP contribution in [0, 0.1) is 0 Å². The number of guanidine groups is 1. The van der Waals surface area contributed by atoms with Gasteiger partial charge >= 0.3 is 0 Å². The summed E-state index contributed by atoms with van der Waals surface area (Å²) in [7, 11) is 0. The highest BCUT2D eigenvalue weighted by Crippen LogP contribution is 2.28. The van der Waals surface area contributed by atoms with Gasteiger partial charge in [0.25, 0.3) is 0 Å². The largest absolute Gasteiger partial charge is 0.357 e. The van der Waals surface area contributed by atoms with Crippen LogP contribution in [0.2, 0.25) is 0 Å². The molecule has 2 atom stereocenters. The molecule has 1 aromatic carbocycles. The highest BCUT2D eigenvalue weighted by Gasteiger charge is 2.24. The first-order valence-corrected chi connectivity index (χ1v) is 10.2. The number of hydrogen-bond donors (Lipinski definition) is 2. The Labute approximate surface area is 177 Å². The average Bonchev–Trinajstić information content (AvgIpc) is 3.30. The molecule has 1 aromatic heterocycles. The second-order valence-electron chi connectivity index (χ2n) is 6.34. The summed E-state index contributed by atoms with van der Waals surface area (Å²) < 4.78 is 1.89. The van der Waals surface area contributed by atoms with Gasteiger partial charge in [0, 0.05) is 29.6 Å². The molecular formula is C19H28IN5S. The fourth-order valence-corrected chi connectivity index (χ4v) is 3.93. The van der Waals surface area contributed by atoms with Gasteiger partial charge in [-0.05, 0) is 44.6 Å². The molecule has 142 valence electrons. The van der Waals surface area contributed by atoms with Gasteiger partial charge in [0.05, 0.1) is 18.4 Å². The number of halogens is 1. The van der Waals surface area contributed by atoms with Crippen LogP contribution in [0.3, 0.4) is 0 Å². The molecule has 3 rings (SSSR count). The minimum atomic E-state index is 0. The van der Waals surface area contributed by atoms with Crippen molar-refractivity contribution in [3.8, 4) is 5.69 Å². The number of hydrogen-bond acceptors (Lipinski definition) is 3. The second-order valence-corrected chi connectivity index (χ2v) is 7.47. The normalized spacial score (nSPS) is 19.8. The predicted molar refractivity (Wildman–Crippen MR) is 122 cm³/mol. The van der Waals surface area contributed by atoms with Crippen molar-refractivity contribution in [2.75, 3.05) is 12.8 Å². The number of thioether (sulfide) groups is 1. The topological polar surface area (TPSA) is 54.2 Å². The van der Waals surface area contributed by atoms with Crippen molar-refractivity contribution in [2.45, 2.75) is 44.0 Å². The Morgan fingerprint density at radius 3 is 2.81 bits per heavy atom. The molecule has 1 aliphatic carbocycles. The standard InChI is InChI=1S/C19H27N5S.HI/c1-3-20-19(23-16-9-10-18(11-16)25-2)21-12-15-13-22-24(14-15)17-7-5-4-6-8-17;/h4-8,13-14,16,18H,3,9-12H2,1-2H3,(H2,20,21,23);1H. The first-order chi connectivity index (χ1) is 12.3. The first-order valence-electron chi connectivity index (χ1n) is 8.95. The van der Waals surface area contributed by atoms with E-state index >= 15 is 0 Å². The third-order valence-electron chi connectivity index (χ3n) is 4.48. The molecule has 1 fully saturated rings. The van der Waals surface area contributed by atoms with Gasteiger partial charge in [0.15, 0.2) is 5.96 Å². The van der Waals surface area contributed by atoms with Crippen LogP contribution in [0.4, 0.5) is 0 Å². The molecule has 5 nitrogen and oxygen atoms in total. The highest BCUT2D eigenvalue weighted by molar-refractivity contribution is 14.0. The van der Waals surface area contributed by atoms with Crippen LogP contribution >= 0.6 is 35.7 Å². The zero-order valence-electron chi connectivity index (χ0n) is 15.4. The molecule has 1 saturated carbocycles. The molecule has 26 heavy (non-hydrogen) atoms. The van der Waals surface area contributed by atoms with E-state index in [4.69, 9.17) is 4.99 Å². The summed E-state index contributed by atoms with van der Waals surface area (Å²) in [4.78, 5) is 4.74. The summed E-state index contributed by atoms with van der Waals surface area (Å²) >= 11 is 1.98. The lowest BCUT2D eigenvalue weighted by atomic mass is 10.2. The quantitative estimate of drug-likeness (QED) is 0.371. The van der Waals surface area contributed by atoms with Crippen LogP contribution < -0.4 is 10.6 Å². The predicted octanol–water partition coefficient (Wildman–Crippen LogP) is 3.83. The zero-order valence-corrected chi connectivity index (χ0v) is 18.5. The Bertz CT molecular complexity index is 688. The lowest BCUT2D eigenvalue weighted by Gasteiger charge is -2.17. The minimum Gasteiger partial charge on any atom is -0.357 e. The van der Waals surface area contributed by atoms with Crippen molar-refractivity contribution in [3.05, 3.63) is 48.3 Å². The zero-order chi connectivity index (χ0) is 17.5. The number of aromatic nitrogens is 2. The van der Waals surface area contributed by atoms with Gasteiger partial charge in [0.1, 0.15) is 0 Å². The van der Waals surface area contributed by atoms with Crippen LogP contribution in [0.15, 0.2) is 47.7 Å². The molecule has 2 N–H and O–H groups in total. The van der Waals surface area contributed by atoms with E-state index in [0.29, 0.717) is 12.6 Å². The van der Waals surface area contributed by atoms with E-state index in [-0.39, 0.29) is 24.0 Å². The summed E-state index contributed by atoms with van der Waals surface area (Å²) in [5.74, 6) is 0.904. The molecule has 7 heteroatoms. The van der Waals surface area contributed by atoms with E-state index in [1.165, 1.54) is 19.3 Å². The van der Waals surface area contributed by atoms with Gasteiger partial charge < -0.3 is 10.6 Å². The number of nitrogens with zero attached hydrogens (tertiary/aromatic N) is 3. The number of para-hydroxylation sites is 1. The lowest BCUT2D eigenvalue weighted by molar-refractivity contribution is 0.615. The van der Waals surface area contributed by atoms with E-state index in [1.54, 1.807) is 0 Å². The van der Waals surface area contributed by atoms with E-state index in [1.807, 2.05) is 59.2 Å². The number of nitrogens with one attached hydrogen (secondary N) is 2. The van der Waals surface area contributed by atoms with Crippen LogP contribution in [0.25, 0.3) is 5.69 Å². The van der Waals surface area contributed by atoms with Gasteiger partial charge in [-0.2, -0.15) is 16.9 Å². The van der Waals surface area contributed by atoms with E-state index in [2.05, 4.69) is 28.9 Å². The summed E-state index contributed by atoms with van der Waals surface area (Å²) in [6.45, 7) is 3.60. The van der Waals surface area contributed by atoms with E-state index < -0.39 is 0 Å². The number of aliphatic imine (C=N–C) groups is 1. The van der Waals surface area contributed by atoms with E-state index in [9.17, 15) is 0 Å². The molecule has 0 radical (unpaired) electrons. The van der Waals surface area contributed by atoms with Crippen molar-refractivity contribution in [3.63, 3.8) is 0 Å². The van der Waals surface area contributed by atoms with Gasteiger partial charge in [-0.1, -0.05) is 18.2 Å². The SMILES string of the molecule is CCNC(=NCc1cnn(-c2ccccc2)c1)NC1CCC(SC)C1.I. The summed E-state index contributed by atoms with van der Waals surface area (Å²) in [6, 6.07) is 10.7.